The molecule has 0 spiro atoms. The SMILES string of the molecule is CCC1CC1(C(=O)O)c1ccc(C)c(C)c1. The summed E-state index contributed by atoms with van der Waals surface area (Å²) in [6, 6.07) is 6.05. The lowest BCUT2D eigenvalue weighted by molar-refractivity contribution is -0.140. The summed E-state index contributed by atoms with van der Waals surface area (Å²) in [4.78, 5) is 11.4. The standard InChI is InChI=1S/C14H18O2/c1-4-11-8-14(11,13(15)16)12-6-5-9(2)10(3)7-12/h5-7,11H,4,8H2,1-3H3,(H,15,16). The number of hydrogen-bond donors (Lipinski definition) is 1. The number of benzene rings is 1. The average Bonchev–Trinajstić information content (AvgIpc) is 2.98. The third kappa shape index (κ3) is 1.44. The monoisotopic (exact) mass is 218 g/mol. The first-order chi connectivity index (χ1) is 7.52. The normalized spacial score (nSPS) is 27.8. The minimum atomic E-state index is -0.664. The summed E-state index contributed by atoms with van der Waals surface area (Å²) in [5.41, 5.74) is 2.79. The molecular weight excluding hydrogens is 200 g/mol. The van der Waals surface area contributed by atoms with E-state index in [-0.39, 0.29) is 0 Å². The van der Waals surface area contributed by atoms with Gasteiger partial charge in [-0.15, -0.1) is 0 Å². The van der Waals surface area contributed by atoms with Crippen molar-refractivity contribution in [3.05, 3.63) is 34.9 Å². The first-order valence-corrected chi connectivity index (χ1v) is 5.83. The van der Waals surface area contributed by atoms with Gasteiger partial charge in [-0.25, -0.2) is 0 Å². The Morgan fingerprint density at radius 1 is 1.44 bits per heavy atom. The van der Waals surface area contributed by atoms with Crippen molar-refractivity contribution in [3.8, 4) is 0 Å². The van der Waals surface area contributed by atoms with Gasteiger partial charge < -0.3 is 5.11 Å². The molecule has 86 valence electrons. The number of aliphatic carboxylic acids is 1. The van der Waals surface area contributed by atoms with Gasteiger partial charge in [-0.1, -0.05) is 31.5 Å². The van der Waals surface area contributed by atoms with E-state index >= 15 is 0 Å². The van der Waals surface area contributed by atoms with Crippen LogP contribution in [0.15, 0.2) is 18.2 Å². The lowest BCUT2D eigenvalue weighted by Crippen LogP contribution is -2.22. The maximum atomic E-state index is 11.4. The molecule has 2 heteroatoms. The molecule has 0 bridgehead atoms. The number of hydrogen-bond acceptors (Lipinski definition) is 1. The molecule has 2 rings (SSSR count). The minimum absolute atomic E-state index is 0.312. The predicted molar refractivity (Wildman–Crippen MR) is 63.6 cm³/mol. The maximum absolute atomic E-state index is 11.4. The summed E-state index contributed by atoms with van der Waals surface area (Å²) >= 11 is 0. The van der Waals surface area contributed by atoms with E-state index in [0.717, 1.165) is 18.4 Å². The number of carboxylic acids is 1. The van der Waals surface area contributed by atoms with Crippen molar-refractivity contribution in [2.75, 3.05) is 0 Å². The summed E-state index contributed by atoms with van der Waals surface area (Å²) < 4.78 is 0. The fourth-order valence-electron chi connectivity index (χ4n) is 2.58. The predicted octanol–water partition coefficient (Wildman–Crippen LogP) is 3.06. The fraction of sp³-hybridized carbons (Fsp3) is 0.500. The van der Waals surface area contributed by atoms with E-state index in [9.17, 15) is 9.90 Å². The second-order valence-corrected chi connectivity index (χ2v) is 4.88. The molecule has 2 nitrogen and oxygen atoms in total. The Kier molecular flexibility index (Phi) is 2.53. The van der Waals surface area contributed by atoms with E-state index in [4.69, 9.17) is 0 Å². The largest absolute Gasteiger partial charge is 0.481 e. The Hall–Kier alpha value is -1.31. The van der Waals surface area contributed by atoms with Gasteiger partial charge in [0.25, 0.3) is 0 Å². The van der Waals surface area contributed by atoms with E-state index in [1.54, 1.807) is 0 Å². The van der Waals surface area contributed by atoms with Crippen LogP contribution >= 0.6 is 0 Å². The molecule has 1 aromatic carbocycles. The Balaban J connectivity index is 2.43. The van der Waals surface area contributed by atoms with Crippen molar-refractivity contribution < 1.29 is 9.90 Å². The quantitative estimate of drug-likeness (QED) is 0.846. The van der Waals surface area contributed by atoms with Gasteiger partial charge in [0.05, 0.1) is 5.41 Å². The molecule has 2 unspecified atom stereocenters. The molecule has 0 amide bonds. The molecule has 2 atom stereocenters. The molecular formula is C14H18O2. The smallest absolute Gasteiger partial charge is 0.314 e. The van der Waals surface area contributed by atoms with Gasteiger partial charge in [0.15, 0.2) is 0 Å². The van der Waals surface area contributed by atoms with E-state index in [1.165, 1.54) is 11.1 Å². The first-order valence-electron chi connectivity index (χ1n) is 5.83. The molecule has 0 aromatic heterocycles. The zero-order valence-corrected chi connectivity index (χ0v) is 10.1. The highest BCUT2D eigenvalue weighted by atomic mass is 16.4. The number of carbonyl (C=O) groups is 1. The number of aryl methyl sites for hydroxylation is 2. The van der Waals surface area contributed by atoms with Gasteiger partial charge >= 0.3 is 5.97 Å². The number of carboxylic acid groups (broad SMARTS) is 1. The highest BCUT2D eigenvalue weighted by molar-refractivity contribution is 5.86. The maximum Gasteiger partial charge on any atom is 0.314 e. The van der Waals surface area contributed by atoms with Crippen LogP contribution in [0, 0.1) is 19.8 Å². The molecule has 1 saturated carbocycles. The Bertz CT molecular complexity index is 436. The van der Waals surface area contributed by atoms with Crippen molar-refractivity contribution in [2.24, 2.45) is 5.92 Å². The van der Waals surface area contributed by atoms with Gasteiger partial charge in [-0.3, -0.25) is 4.79 Å². The van der Waals surface area contributed by atoms with Crippen LogP contribution in [0.1, 0.15) is 36.5 Å². The summed E-state index contributed by atoms with van der Waals surface area (Å²) in [5, 5.41) is 9.42. The topological polar surface area (TPSA) is 37.3 Å². The van der Waals surface area contributed by atoms with Crippen LogP contribution in [0.5, 0.6) is 0 Å². The lowest BCUT2D eigenvalue weighted by atomic mass is 9.90. The van der Waals surface area contributed by atoms with E-state index in [1.807, 2.05) is 25.1 Å². The summed E-state index contributed by atoms with van der Waals surface area (Å²) in [6.45, 7) is 6.16. The van der Waals surface area contributed by atoms with Crippen LogP contribution in [-0.2, 0) is 10.2 Å². The molecule has 0 radical (unpaired) electrons. The van der Waals surface area contributed by atoms with Crippen LogP contribution < -0.4 is 0 Å². The Morgan fingerprint density at radius 2 is 2.12 bits per heavy atom. The van der Waals surface area contributed by atoms with Crippen molar-refractivity contribution >= 4 is 5.97 Å². The van der Waals surface area contributed by atoms with Gasteiger partial charge in [0.2, 0.25) is 0 Å². The highest BCUT2D eigenvalue weighted by Crippen LogP contribution is 2.56. The van der Waals surface area contributed by atoms with Gasteiger partial charge in [-0.2, -0.15) is 0 Å². The van der Waals surface area contributed by atoms with E-state index in [2.05, 4.69) is 13.8 Å². The molecule has 16 heavy (non-hydrogen) atoms. The number of rotatable bonds is 3. The second-order valence-electron chi connectivity index (χ2n) is 4.88. The molecule has 1 fully saturated rings. The van der Waals surface area contributed by atoms with Crippen molar-refractivity contribution in [2.45, 2.75) is 39.0 Å². The first kappa shape index (κ1) is 11.2. The lowest BCUT2D eigenvalue weighted by Gasteiger charge is -2.14. The van der Waals surface area contributed by atoms with Crippen LogP contribution in [-0.4, -0.2) is 11.1 Å². The summed E-state index contributed by atoms with van der Waals surface area (Å²) in [5.74, 6) is -0.352. The zero-order valence-electron chi connectivity index (χ0n) is 10.1. The summed E-state index contributed by atoms with van der Waals surface area (Å²) in [7, 11) is 0. The van der Waals surface area contributed by atoms with Crippen LogP contribution in [0.3, 0.4) is 0 Å². The van der Waals surface area contributed by atoms with Gasteiger partial charge in [0, 0.05) is 0 Å². The second kappa shape index (κ2) is 3.62. The fourth-order valence-corrected chi connectivity index (χ4v) is 2.58. The highest BCUT2D eigenvalue weighted by Gasteiger charge is 2.60. The molecule has 0 heterocycles. The van der Waals surface area contributed by atoms with Gasteiger partial charge in [0.1, 0.15) is 0 Å². The summed E-state index contributed by atoms with van der Waals surface area (Å²) in [6.07, 6.45) is 1.74. The van der Waals surface area contributed by atoms with E-state index in [0.29, 0.717) is 5.92 Å². The third-order valence-electron chi connectivity index (χ3n) is 4.00. The average molecular weight is 218 g/mol. The minimum Gasteiger partial charge on any atom is -0.481 e. The van der Waals surface area contributed by atoms with Crippen LogP contribution in [0.4, 0.5) is 0 Å². The van der Waals surface area contributed by atoms with Crippen LogP contribution in [0.25, 0.3) is 0 Å². The zero-order chi connectivity index (χ0) is 11.9. The third-order valence-corrected chi connectivity index (χ3v) is 4.00. The van der Waals surface area contributed by atoms with Gasteiger partial charge in [-0.05, 0) is 42.9 Å². The van der Waals surface area contributed by atoms with E-state index < -0.39 is 11.4 Å². The molecule has 1 aromatic rings. The van der Waals surface area contributed by atoms with Crippen molar-refractivity contribution in [3.63, 3.8) is 0 Å². The van der Waals surface area contributed by atoms with Crippen molar-refractivity contribution in [1.29, 1.82) is 0 Å². The van der Waals surface area contributed by atoms with Crippen molar-refractivity contribution in [1.82, 2.24) is 0 Å². The Morgan fingerprint density at radius 3 is 2.56 bits per heavy atom. The molecule has 1 N–H and O–H groups in total. The van der Waals surface area contributed by atoms with Crippen LogP contribution in [0.2, 0.25) is 0 Å². The molecule has 1 aliphatic carbocycles. The molecule has 0 aliphatic heterocycles. The molecule has 1 aliphatic rings. The Labute approximate surface area is 96.3 Å². The molecule has 0 saturated heterocycles.